The lowest BCUT2D eigenvalue weighted by Crippen LogP contribution is -2.65. The van der Waals surface area contributed by atoms with Crippen molar-refractivity contribution >= 4 is 0 Å². The first-order chi connectivity index (χ1) is 9.04. The lowest BCUT2D eigenvalue weighted by atomic mass is 9.90. The molecular formula is C16H33N3. The van der Waals surface area contributed by atoms with Gasteiger partial charge in [-0.25, -0.2) is 0 Å². The lowest BCUT2D eigenvalue weighted by molar-refractivity contribution is -0.0378. The van der Waals surface area contributed by atoms with Gasteiger partial charge in [0, 0.05) is 30.7 Å². The Bertz CT molecular complexity index is 269. The number of hydrogen-bond donors (Lipinski definition) is 1. The Morgan fingerprint density at radius 3 is 2.32 bits per heavy atom. The minimum atomic E-state index is 0.314. The third-order valence-electron chi connectivity index (χ3n) is 5.21. The molecule has 0 amide bonds. The maximum absolute atomic E-state index is 5.79. The van der Waals surface area contributed by atoms with Gasteiger partial charge in [-0.15, -0.1) is 0 Å². The van der Waals surface area contributed by atoms with Crippen LogP contribution >= 0.6 is 0 Å². The molecule has 3 nitrogen and oxygen atoms in total. The van der Waals surface area contributed by atoms with Gasteiger partial charge in [0.2, 0.25) is 0 Å². The van der Waals surface area contributed by atoms with E-state index in [9.17, 15) is 0 Å². The lowest BCUT2D eigenvalue weighted by Gasteiger charge is -2.53. The van der Waals surface area contributed by atoms with Crippen LogP contribution in [0.5, 0.6) is 0 Å². The van der Waals surface area contributed by atoms with E-state index in [2.05, 4.69) is 30.7 Å². The molecule has 1 unspecified atom stereocenters. The van der Waals surface area contributed by atoms with Crippen molar-refractivity contribution in [3.05, 3.63) is 0 Å². The van der Waals surface area contributed by atoms with Gasteiger partial charge < -0.3 is 10.6 Å². The molecule has 0 spiro atoms. The van der Waals surface area contributed by atoms with Crippen LogP contribution in [0.4, 0.5) is 0 Å². The molecule has 1 aliphatic carbocycles. The summed E-state index contributed by atoms with van der Waals surface area (Å²) in [6.07, 6.45) is 9.68. The van der Waals surface area contributed by atoms with E-state index in [0.717, 1.165) is 19.0 Å². The van der Waals surface area contributed by atoms with Crippen LogP contribution in [0.15, 0.2) is 0 Å². The van der Waals surface area contributed by atoms with E-state index in [4.69, 9.17) is 5.73 Å². The third-order valence-corrected chi connectivity index (χ3v) is 5.21. The highest BCUT2D eigenvalue weighted by molar-refractivity contribution is 4.97. The quantitative estimate of drug-likeness (QED) is 0.797. The first-order valence-corrected chi connectivity index (χ1v) is 8.21. The monoisotopic (exact) mass is 267 g/mol. The zero-order valence-corrected chi connectivity index (χ0v) is 13.2. The molecule has 0 bridgehead atoms. The number of likely N-dealkylation sites (N-methyl/N-ethyl adjacent to an activating group) is 1. The Labute approximate surface area is 119 Å². The molecule has 2 fully saturated rings. The van der Waals surface area contributed by atoms with E-state index in [1.165, 1.54) is 51.6 Å². The van der Waals surface area contributed by atoms with Gasteiger partial charge >= 0.3 is 0 Å². The van der Waals surface area contributed by atoms with E-state index in [0.29, 0.717) is 11.6 Å². The molecule has 19 heavy (non-hydrogen) atoms. The first kappa shape index (κ1) is 15.3. The fourth-order valence-electron chi connectivity index (χ4n) is 4.16. The van der Waals surface area contributed by atoms with E-state index >= 15 is 0 Å². The van der Waals surface area contributed by atoms with Crippen molar-refractivity contribution in [3.8, 4) is 0 Å². The van der Waals surface area contributed by atoms with Crippen molar-refractivity contribution in [2.24, 2.45) is 5.73 Å². The molecule has 3 heteroatoms. The van der Waals surface area contributed by atoms with Gasteiger partial charge in [0.1, 0.15) is 0 Å². The van der Waals surface area contributed by atoms with Crippen LogP contribution in [0.2, 0.25) is 0 Å². The molecule has 112 valence electrons. The van der Waals surface area contributed by atoms with Gasteiger partial charge in [0.15, 0.2) is 0 Å². The van der Waals surface area contributed by atoms with Crippen LogP contribution in [-0.2, 0) is 0 Å². The molecule has 2 rings (SSSR count). The SMILES string of the molecule is CN1CC(C)(C)N(C2CCCCCC2)CC1CCN. The molecule has 0 aromatic heterocycles. The highest BCUT2D eigenvalue weighted by Gasteiger charge is 2.40. The second-order valence-corrected chi connectivity index (χ2v) is 7.26. The van der Waals surface area contributed by atoms with Gasteiger partial charge in [-0.2, -0.15) is 0 Å². The standard InChI is InChI=1S/C16H33N3/c1-16(2)13-18(3)15(10-11-17)12-19(16)14-8-6-4-5-7-9-14/h14-15H,4-13,17H2,1-3H3. The minimum absolute atomic E-state index is 0.314. The maximum atomic E-state index is 5.79. The molecule has 1 saturated heterocycles. The van der Waals surface area contributed by atoms with Crippen LogP contribution in [-0.4, -0.2) is 54.1 Å². The van der Waals surface area contributed by atoms with Crippen LogP contribution in [0.1, 0.15) is 58.8 Å². The predicted molar refractivity (Wildman–Crippen MR) is 82.4 cm³/mol. The molecule has 2 aliphatic rings. The summed E-state index contributed by atoms with van der Waals surface area (Å²) in [7, 11) is 2.27. The highest BCUT2D eigenvalue weighted by Crippen LogP contribution is 2.32. The fraction of sp³-hybridized carbons (Fsp3) is 1.00. The molecule has 1 saturated carbocycles. The number of hydrogen-bond acceptors (Lipinski definition) is 3. The predicted octanol–water partition coefficient (Wildman–Crippen LogP) is 2.45. The summed E-state index contributed by atoms with van der Waals surface area (Å²) >= 11 is 0. The molecule has 2 N–H and O–H groups in total. The minimum Gasteiger partial charge on any atom is -0.330 e. The smallest absolute Gasteiger partial charge is 0.0283 e. The molecule has 1 heterocycles. The van der Waals surface area contributed by atoms with Crippen molar-refractivity contribution in [1.29, 1.82) is 0 Å². The zero-order chi connectivity index (χ0) is 13.9. The Morgan fingerprint density at radius 2 is 1.74 bits per heavy atom. The summed E-state index contributed by atoms with van der Waals surface area (Å²) in [5, 5.41) is 0. The average molecular weight is 267 g/mol. The summed E-state index contributed by atoms with van der Waals surface area (Å²) < 4.78 is 0. The molecule has 1 aliphatic heterocycles. The van der Waals surface area contributed by atoms with Crippen LogP contribution in [0, 0.1) is 0 Å². The summed E-state index contributed by atoms with van der Waals surface area (Å²) in [4.78, 5) is 5.35. The van der Waals surface area contributed by atoms with Crippen molar-refractivity contribution in [2.75, 3.05) is 26.7 Å². The second-order valence-electron chi connectivity index (χ2n) is 7.26. The van der Waals surface area contributed by atoms with Gasteiger partial charge in [-0.05, 0) is 46.7 Å². The first-order valence-electron chi connectivity index (χ1n) is 8.21. The zero-order valence-electron chi connectivity index (χ0n) is 13.2. The van der Waals surface area contributed by atoms with Crippen LogP contribution in [0.3, 0.4) is 0 Å². The van der Waals surface area contributed by atoms with Gasteiger partial charge in [-0.1, -0.05) is 25.7 Å². The maximum Gasteiger partial charge on any atom is 0.0283 e. The Kier molecular flexibility index (Phi) is 5.27. The summed E-state index contributed by atoms with van der Waals surface area (Å²) in [5.41, 5.74) is 6.11. The van der Waals surface area contributed by atoms with Crippen molar-refractivity contribution in [3.63, 3.8) is 0 Å². The molecule has 0 radical (unpaired) electrons. The molecule has 1 atom stereocenters. The fourth-order valence-corrected chi connectivity index (χ4v) is 4.16. The summed E-state index contributed by atoms with van der Waals surface area (Å²) in [5.74, 6) is 0. The highest BCUT2D eigenvalue weighted by atomic mass is 15.3. The number of nitrogens with two attached hydrogens (primary N) is 1. The largest absolute Gasteiger partial charge is 0.330 e. The van der Waals surface area contributed by atoms with Crippen LogP contribution < -0.4 is 5.73 Å². The van der Waals surface area contributed by atoms with Gasteiger partial charge in [-0.3, -0.25) is 4.90 Å². The van der Waals surface area contributed by atoms with E-state index in [1.54, 1.807) is 0 Å². The van der Waals surface area contributed by atoms with E-state index in [1.807, 2.05) is 0 Å². The number of rotatable bonds is 3. The van der Waals surface area contributed by atoms with Crippen molar-refractivity contribution in [1.82, 2.24) is 9.80 Å². The van der Waals surface area contributed by atoms with Gasteiger partial charge in [0.05, 0.1) is 0 Å². The van der Waals surface area contributed by atoms with E-state index in [-0.39, 0.29) is 0 Å². The summed E-state index contributed by atoms with van der Waals surface area (Å²) in [6.45, 7) is 8.05. The third kappa shape index (κ3) is 3.71. The molecule has 0 aromatic rings. The number of piperazine rings is 1. The van der Waals surface area contributed by atoms with Gasteiger partial charge in [0.25, 0.3) is 0 Å². The summed E-state index contributed by atoms with van der Waals surface area (Å²) in [6, 6.07) is 1.47. The van der Waals surface area contributed by atoms with Crippen molar-refractivity contribution < 1.29 is 0 Å². The Hall–Kier alpha value is -0.120. The van der Waals surface area contributed by atoms with Crippen molar-refractivity contribution in [2.45, 2.75) is 76.4 Å². The Balaban J connectivity index is 2.06. The normalized spacial score (nSPS) is 31.3. The second kappa shape index (κ2) is 6.55. The van der Waals surface area contributed by atoms with E-state index < -0.39 is 0 Å². The molecular weight excluding hydrogens is 234 g/mol. The average Bonchev–Trinajstić information content (AvgIpc) is 2.60. The topological polar surface area (TPSA) is 32.5 Å². The molecule has 0 aromatic carbocycles. The number of nitrogens with zero attached hydrogens (tertiary/aromatic N) is 2. The Morgan fingerprint density at radius 1 is 1.11 bits per heavy atom. The van der Waals surface area contributed by atoms with Crippen LogP contribution in [0.25, 0.3) is 0 Å².